The number of likely N-dealkylation sites (N-methyl/N-ethyl adjacent to an activating group) is 1. The van der Waals surface area contributed by atoms with E-state index in [1.54, 1.807) is 26.1 Å². The molecule has 0 bridgehead atoms. The van der Waals surface area contributed by atoms with Crippen molar-refractivity contribution >= 4 is 35.0 Å². The van der Waals surface area contributed by atoms with Crippen LogP contribution in [-0.4, -0.2) is 53.9 Å². The van der Waals surface area contributed by atoms with Crippen LogP contribution in [0.3, 0.4) is 0 Å². The number of benzene rings is 1. The second kappa shape index (κ2) is 9.09. The SMILES string of the molecule is CC[C@H](C(N)=O)N(C)C(N)=NC(=Nc1ccc2c(c1)COCC2)C(=N)C(N)=O. The Morgan fingerprint density at radius 1 is 1.29 bits per heavy atom. The highest BCUT2D eigenvalue weighted by atomic mass is 16.5. The molecule has 0 aromatic heterocycles. The molecule has 150 valence electrons. The van der Waals surface area contributed by atoms with E-state index in [1.165, 1.54) is 4.90 Å². The van der Waals surface area contributed by atoms with Crippen molar-refractivity contribution in [2.24, 2.45) is 27.2 Å². The summed E-state index contributed by atoms with van der Waals surface area (Å²) in [5, 5.41) is 7.91. The zero-order valence-corrected chi connectivity index (χ0v) is 15.9. The zero-order valence-electron chi connectivity index (χ0n) is 15.9. The molecule has 1 heterocycles. The first-order chi connectivity index (χ1) is 13.2. The molecule has 1 aliphatic heterocycles. The lowest BCUT2D eigenvalue weighted by molar-refractivity contribution is -0.121. The Kier molecular flexibility index (Phi) is 6.83. The Morgan fingerprint density at radius 2 is 2.00 bits per heavy atom. The molecule has 28 heavy (non-hydrogen) atoms. The molecule has 2 rings (SSSR count). The third-order valence-electron chi connectivity index (χ3n) is 4.43. The summed E-state index contributed by atoms with van der Waals surface area (Å²) in [7, 11) is 1.54. The Hall–Kier alpha value is -3.27. The van der Waals surface area contributed by atoms with Crippen LogP contribution in [0.4, 0.5) is 5.69 Å². The van der Waals surface area contributed by atoms with E-state index in [2.05, 4.69) is 9.98 Å². The molecule has 0 saturated carbocycles. The largest absolute Gasteiger partial charge is 0.376 e. The van der Waals surface area contributed by atoms with E-state index in [1.807, 2.05) is 6.07 Å². The molecular formula is C18H25N7O3. The third-order valence-corrected chi connectivity index (χ3v) is 4.43. The molecule has 10 nitrogen and oxygen atoms in total. The van der Waals surface area contributed by atoms with E-state index in [-0.39, 0.29) is 11.8 Å². The van der Waals surface area contributed by atoms with Gasteiger partial charge in [0.15, 0.2) is 17.5 Å². The van der Waals surface area contributed by atoms with Gasteiger partial charge in [-0.15, -0.1) is 0 Å². The van der Waals surface area contributed by atoms with E-state index in [9.17, 15) is 9.59 Å². The molecule has 1 atom stereocenters. The number of carbonyl (C=O) groups excluding carboxylic acids is 2. The average Bonchev–Trinajstić information content (AvgIpc) is 2.66. The van der Waals surface area contributed by atoms with Crippen LogP contribution in [-0.2, 0) is 27.4 Å². The van der Waals surface area contributed by atoms with Crippen molar-refractivity contribution in [3.8, 4) is 0 Å². The van der Waals surface area contributed by atoms with Crippen LogP contribution in [0.5, 0.6) is 0 Å². The predicted octanol–water partition coefficient (Wildman–Crippen LogP) is -0.195. The normalized spacial score (nSPS) is 15.5. The van der Waals surface area contributed by atoms with Gasteiger partial charge in [-0.3, -0.25) is 15.0 Å². The van der Waals surface area contributed by atoms with Gasteiger partial charge in [0, 0.05) is 7.05 Å². The highest BCUT2D eigenvalue weighted by molar-refractivity contribution is 6.66. The predicted molar refractivity (Wildman–Crippen MR) is 106 cm³/mol. The number of guanidine groups is 1. The smallest absolute Gasteiger partial charge is 0.270 e. The molecular weight excluding hydrogens is 362 g/mol. The van der Waals surface area contributed by atoms with Gasteiger partial charge in [-0.2, -0.15) is 4.99 Å². The Balaban J connectivity index is 2.42. The molecule has 7 N–H and O–H groups in total. The van der Waals surface area contributed by atoms with Crippen LogP contribution < -0.4 is 17.2 Å². The van der Waals surface area contributed by atoms with Gasteiger partial charge in [-0.25, -0.2) is 4.99 Å². The summed E-state index contributed by atoms with van der Waals surface area (Å²) in [5.41, 5.74) is 18.6. The lowest BCUT2D eigenvalue weighted by Crippen LogP contribution is -2.48. The van der Waals surface area contributed by atoms with Crippen LogP contribution in [0, 0.1) is 5.41 Å². The maximum Gasteiger partial charge on any atom is 0.270 e. The number of hydrogen-bond acceptors (Lipinski definition) is 5. The number of amidine groups is 1. The van der Waals surface area contributed by atoms with E-state index < -0.39 is 23.6 Å². The number of amides is 2. The first-order valence-corrected chi connectivity index (χ1v) is 8.77. The minimum atomic E-state index is -0.999. The van der Waals surface area contributed by atoms with Gasteiger partial charge in [0.1, 0.15) is 6.04 Å². The van der Waals surface area contributed by atoms with Gasteiger partial charge in [0.25, 0.3) is 5.91 Å². The number of ether oxygens (including phenoxy) is 1. The van der Waals surface area contributed by atoms with Crippen molar-refractivity contribution in [2.75, 3.05) is 13.7 Å². The molecule has 0 unspecified atom stereocenters. The first-order valence-electron chi connectivity index (χ1n) is 8.77. The molecule has 0 saturated heterocycles. The summed E-state index contributed by atoms with van der Waals surface area (Å²) in [6.45, 7) is 2.90. The molecule has 1 aromatic carbocycles. The molecule has 2 amide bonds. The average molecular weight is 387 g/mol. The second-order valence-corrected chi connectivity index (χ2v) is 6.34. The zero-order chi connectivity index (χ0) is 20.8. The van der Waals surface area contributed by atoms with Crippen LogP contribution >= 0.6 is 0 Å². The standard InChI is InChI=1S/C18H25N7O3/c1-3-13(15(20)26)25(2)18(22)24-17(14(19)16(21)27)23-12-5-4-10-6-7-28-9-11(10)8-12/h4-5,8,13,19H,3,6-7,9H2,1-2H3,(H2,20,26)(H2,21,27)(H2,22,23,24)/t13-/m1/s1. The van der Waals surface area contributed by atoms with Gasteiger partial charge in [0.2, 0.25) is 5.91 Å². The van der Waals surface area contributed by atoms with Crippen molar-refractivity contribution in [1.82, 2.24) is 4.90 Å². The Morgan fingerprint density at radius 3 is 2.61 bits per heavy atom. The number of hydrogen-bond donors (Lipinski definition) is 4. The minimum absolute atomic E-state index is 0.114. The van der Waals surface area contributed by atoms with Gasteiger partial charge < -0.3 is 26.8 Å². The number of nitrogens with two attached hydrogens (primary N) is 3. The van der Waals surface area contributed by atoms with Crippen molar-refractivity contribution in [3.63, 3.8) is 0 Å². The van der Waals surface area contributed by atoms with Gasteiger partial charge in [0.05, 0.1) is 18.9 Å². The maximum atomic E-state index is 11.5. The van der Waals surface area contributed by atoms with Crippen molar-refractivity contribution in [3.05, 3.63) is 29.3 Å². The van der Waals surface area contributed by atoms with Crippen molar-refractivity contribution in [1.29, 1.82) is 5.41 Å². The van der Waals surface area contributed by atoms with E-state index in [4.69, 9.17) is 27.3 Å². The summed E-state index contributed by atoms with van der Waals surface area (Å²) in [5.74, 6) is -1.94. The van der Waals surface area contributed by atoms with E-state index >= 15 is 0 Å². The maximum absolute atomic E-state index is 11.5. The molecule has 1 aliphatic rings. The van der Waals surface area contributed by atoms with E-state index in [0.717, 1.165) is 17.5 Å². The van der Waals surface area contributed by atoms with Crippen molar-refractivity contribution < 1.29 is 14.3 Å². The number of carbonyl (C=O) groups is 2. The van der Waals surface area contributed by atoms with Crippen molar-refractivity contribution in [2.45, 2.75) is 32.4 Å². The minimum Gasteiger partial charge on any atom is -0.376 e. The summed E-state index contributed by atoms with van der Waals surface area (Å²) in [4.78, 5) is 32.8. The summed E-state index contributed by atoms with van der Waals surface area (Å²) in [6, 6.07) is 4.79. The molecule has 0 aliphatic carbocycles. The first kappa shape index (κ1) is 21.0. The molecule has 10 heteroatoms. The lowest BCUT2D eigenvalue weighted by atomic mass is 10.0. The van der Waals surface area contributed by atoms with Crippen LogP contribution in [0.1, 0.15) is 24.5 Å². The fourth-order valence-electron chi connectivity index (χ4n) is 2.81. The second-order valence-electron chi connectivity index (χ2n) is 6.34. The van der Waals surface area contributed by atoms with Gasteiger partial charge >= 0.3 is 0 Å². The topological polar surface area (TPSA) is 173 Å². The quantitative estimate of drug-likeness (QED) is 0.390. The van der Waals surface area contributed by atoms with Crippen LogP contribution in [0.25, 0.3) is 0 Å². The summed E-state index contributed by atoms with van der Waals surface area (Å²) in [6.07, 6.45) is 1.22. The van der Waals surface area contributed by atoms with Gasteiger partial charge in [-0.1, -0.05) is 13.0 Å². The number of nitrogens with one attached hydrogen (secondary N) is 1. The number of rotatable bonds is 6. The molecule has 0 spiro atoms. The Labute approximate surface area is 162 Å². The number of aliphatic imine (C=N–C) groups is 2. The highest BCUT2D eigenvalue weighted by Gasteiger charge is 2.22. The third kappa shape index (κ3) is 4.92. The summed E-state index contributed by atoms with van der Waals surface area (Å²) >= 11 is 0. The number of fused-ring (bicyclic) bond motifs is 1. The van der Waals surface area contributed by atoms with Crippen LogP contribution in [0.15, 0.2) is 28.2 Å². The number of primary amides is 2. The van der Waals surface area contributed by atoms with E-state index in [0.29, 0.717) is 25.3 Å². The Bertz CT molecular complexity index is 848. The summed E-state index contributed by atoms with van der Waals surface area (Å²) < 4.78 is 5.44. The van der Waals surface area contributed by atoms with Crippen LogP contribution in [0.2, 0.25) is 0 Å². The fourth-order valence-corrected chi connectivity index (χ4v) is 2.81. The fraction of sp³-hybridized carbons (Fsp3) is 0.389. The monoisotopic (exact) mass is 387 g/mol. The molecule has 0 radical (unpaired) electrons. The molecule has 0 fully saturated rings. The lowest BCUT2D eigenvalue weighted by Gasteiger charge is -2.25. The highest BCUT2D eigenvalue weighted by Crippen LogP contribution is 2.23. The molecule has 1 aromatic rings. The number of nitrogens with zero attached hydrogens (tertiary/aromatic N) is 3. The van der Waals surface area contributed by atoms with Gasteiger partial charge in [-0.05, 0) is 36.1 Å².